The number of hydrogen-bond donors (Lipinski definition) is 0. The molecule has 0 bridgehead atoms. The number of benzene rings is 2. The van der Waals surface area contributed by atoms with E-state index in [9.17, 15) is 9.59 Å². The zero-order chi connectivity index (χ0) is 19.8. The van der Waals surface area contributed by atoms with Crippen LogP contribution in [0.25, 0.3) is 0 Å². The zero-order valence-corrected chi connectivity index (χ0v) is 16.5. The molecule has 1 saturated heterocycles. The molecule has 0 atom stereocenters. The normalized spacial score (nSPS) is 15.3. The molecule has 3 rings (SSSR count). The first kappa shape index (κ1) is 20.2. The fourth-order valence-electron chi connectivity index (χ4n) is 3.34. The van der Waals surface area contributed by atoms with Gasteiger partial charge in [0.1, 0.15) is 0 Å². The van der Waals surface area contributed by atoms with Crippen molar-refractivity contribution >= 4 is 11.8 Å². The number of carbonyl (C=O) groups excluding carboxylic acids is 2. The molecule has 2 aromatic rings. The summed E-state index contributed by atoms with van der Waals surface area (Å²) in [7, 11) is 2.14. The molecule has 1 aliphatic heterocycles. The number of rotatable bonds is 8. The van der Waals surface area contributed by atoms with E-state index in [0.29, 0.717) is 17.7 Å². The Hall–Kier alpha value is -2.50. The van der Waals surface area contributed by atoms with Crippen molar-refractivity contribution in [3.05, 3.63) is 71.3 Å². The topological polar surface area (TPSA) is 49.9 Å². The number of nitrogens with zero attached hydrogens (tertiary/aromatic N) is 2. The number of likely N-dealkylation sites (N-methyl/N-ethyl adjacent to an activating group) is 1. The minimum absolute atomic E-state index is 0.0389. The van der Waals surface area contributed by atoms with Gasteiger partial charge in [-0.3, -0.25) is 9.59 Å². The SMILES string of the molecule is CN1CCN(CCCOC(=O)Cc2cccc(C(=O)c3ccccc3)c2)CC1. The second-order valence-electron chi connectivity index (χ2n) is 7.29. The highest BCUT2D eigenvalue weighted by molar-refractivity contribution is 6.09. The highest BCUT2D eigenvalue weighted by atomic mass is 16.5. The molecule has 28 heavy (non-hydrogen) atoms. The molecule has 1 heterocycles. The van der Waals surface area contributed by atoms with Crippen LogP contribution in [0.15, 0.2) is 54.6 Å². The van der Waals surface area contributed by atoms with Crippen LogP contribution >= 0.6 is 0 Å². The number of ether oxygens (including phenoxy) is 1. The van der Waals surface area contributed by atoms with Crippen molar-refractivity contribution in [2.45, 2.75) is 12.8 Å². The van der Waals surface area contributed by atoms with Gasteiger partial charge in [0.15, 0.2) is 5.78 Å². The van der Waals surface area contributed by atoms with Gasteiger partial charge in [-0.15, -0.1) is 0 Å². The number of ketones is 1. The quantitative estimate of drug-likeness (QED) is 0.400. The Morgan fingerprint density at radius 2 is 1.64 bits per heavy atom. The van der Waals surface area contributed by atoms with Crippen LogP contribution in [-0.2, 0) is 16.0 Å². The largest absolute Gasteiger partial charge is 0.465 e. The summed E-state index contributed by atoms with van der Waals surface area (Å²) in [5.74, 6) is -0.286. The van der Waals surface area contributed by atoms with Gasteiger partial charge in [0, 0.05) is 43.9 Å². The fourth-order valence-corrected chi connectivity index (χ4v) is 3.34. The first-order chi connectivity index (χ1) is 13.6. The van der Waals surface area contributed by atoms with Crippen molar-refractivity contribution in [3.8, 4) is 0 Å². The Kier molecular flexibility index (Phi) is 7.34. The maximum Gasteiger partial charge on any atom is 0.310 e. The maximum atomic E-state index is 12.5. The molecule has 0 saturated carbocycles. The molecule has 0 radical (unpaired) electrons. The van der Waals surface area contributed by atoms with Crippen LogP contribution in [0.1, 0.15) is 27.9 Å². The lowest BCUT2D eigenvalue weighted by molar-refractivity contribution is -0.143. The Labute approximate surface area is 166 Å². The zero-order valence-electron chi connectivity index (χ0n) is 16.5. The summed E-state index contributed by atoms with van der Waals surface area (Å²) in [5, 5.41) is 0. The maximum absolute atomic E-state index is 12.5. The lowest BCUT2D eigenvalue weighted by Gasteiger charge is -2.32. The van der Waals surface area contributed by atoms with E-state index in [1.807, 2.05) is 30.3 Å². The average molecular weight is 380 g/mol. The molecule has 1 aliphatic rings. The molecular formula is C23H28N2O3. The average Bonchev–Trinajstić information content (AvgIpc) is 2.73. The van der Waals surface area contributed by atoms with Crippen molar-refractivity contribution in [2.24, 2.45) is 0 Å². The van der Waals surface area contributed by atoms with Crippen LogP contribution in [0.3, 0.4) is 0 Å². The summed E-state index contributed by atoms with van der Waals surface area (Å²) in [6.07, 6.45) is 1.03. The van der Waals surface area contributed by atoms with Crippen LogP contribution in [0.4, 0.5) is 0 Å². The lowest BCUT2D eigenvalue weighted by Crippen LogP contribution is -2.44. The molecule has 0 aliphatic carbocycles. The molecule has 148 valence electrons. The summed E-state index contributed by atoms with van der Waals surface area (Å²) < 4.78 is 5.38. The molecule has 0 aromatic heterocycles. The van der Waals surface area contributed by atoms with E-state index in [1.165, 1.54) is 0 Å². The lowest BCUT2D eigenvalue weighted by atomic mass is 10.0. The summed E-state index contributed by atoms with van der Waals surface area (Å²) >= 11 is 0. The van der Waals surface area contributed by atoms with Gasteiger partial charge < -0.3 is 14.5 Å². The van der Waals surface area contributed by atoms with Gasteiger partial charge >= 0.3 is 5.97 Å². The molecule has 1 fully saturated rings. The van der Waals surface area contributed by atoms with E-state index >= 15 is 0 Å². The predicted molar refractivity (Wildman–Crippen MR) is 110 cm³/mol. The van der Waals surface area contributed by atoms with Crippen molar-refractivity contribution in [3.63, 3.8) is 0 Å². The standard InChI is InChI=1S/C23H28N2O3/c1-24-12-14-25(15-13-24)11-6-16-28-22(26)18-19-7-5-10-21(17-19)23(27)20-8-3-2-4-9-20/h2-5,7-10,17H,6,11-16,18H2,1H3. The molecule has 0 amide bonds. The summed E-state index contributed by atoms with van der Waals surface area (Å²) in [4.78, 5) is 29.4. The van der Waals surface area contributed by atoms with Crippen molar-refractivity contribution in [1.29, 1.82) is 0 Å². The Morgan fingerprint density at radius 3 is 2.39 bits per heavy atom. The number of carbonyl (C=O) groups is 2. The smallest absolute Gasteiger partial charge is 0.310 e. The molecule has 2 aromatic carbocycles. The molecular weight excluding hydrogens is 352 g/mol. The third-order valence-electron chi connectivity index (χ3n) is 5.05. The van der Waals surface area contributed by atoms with Crippen LogP contribution in [-0.4, -0.2) is 67.9 Å². The summed E-state index contributed by atoms with van der Waals surface area (Å²) in [5.41, 5.74) is 2.03. The molecule has 0 N–H and O–H groups in total. The first-order valence-electron chi connectivity index (χ1n) is 9.87. The summed E-state index contributed by atoms with van der Waals surface area (Å²) in [6.45, 7) is 5.74. The van der Waals surface area contributed by atoms with E-state index < -0.39 is 0 Å². The van der Waals surface area contributed by atoms with E-state index in [4.69, 9.17) is 4.74 Å². The van der Waals surface area contributed by atoms with Crippen molar-refractivity contribution in [2.75, 3.05) is 46.4 Å². The second-order valence-corrected chi connectivity index (χ2v) is 7.29. The molecule has 0 spiro atoms. The predicted octanol–water partition coefficient (Wildman–Crippen LogP) is 2.64. The van der Waals surface area contributed by atoms with Crippen LogP contribution in [0, 0.1) is 0 Å². The third-order valence-corrected chi connectivity index (χ3v) is 5.05. The van der Waals surface area contributed by atoms with Crippen molar-refractivity contribution < 1.29 is 14.3 Å². The number of piperazine rings is 1. The minimum Gasteiger partial charge on any atom is -0.465 e. The van der Waals surface area contributed by atoms with E-state index in [2.05, 4.69) is 16.8 Å². The van der Waals surface area contributed by atoms with Crippen LogP contribution in [0.5, 0.6) is 0 Å². The monoisotopic (exact) mass is 380 g/mol. The van der Waals surface area contributed by atoms with Gasteiger partial charge in [0.25, 0.3) is 0 Å². The minimum atomic E-state index is -0.248. The van der Waals surface area contributed by atoms with Crippen LogP contribution < -0.4 is 0 Å². The third kappa shape index (κ3) is 6.01. The molecule has 0 unspecified atom stereocenters. The first-order valence-corrected chi connectivity index (χ1v) is 9.87. The van der Waals surface area contributed by atoms with Gasteiger partial charge in [-0.05, 0) is 25.1 Å². The number of hydrogen-bond acceptors (Lipinski definition) is 5. The van der Waals surface area contributed by atoms with Gasteiger partial charge in [-0.1, -0.05) is 48.5 Å². The Bertz CT molecular complexity index is 783. The van der Waals surface area contributed by atoms with Gasteiger partial charge in [0.05, 0.1) is 13.0 Å². The Morgan fingerprint density at radius 1 is 0.929 bits per heavy atom. The Balaban J connectivity index is 1.43. The molecule has 5 heteroatoms. The van der Waals surface area contributed by atoms with E-state index in [-0.39, 0.29) is 18.2 Å². The highest BCUT2D eigenvalue weighted by Gasteiger charge is 2.14. The van der Waals surface area contributed by atoms with Crippen molar-refractivity contribution in [1.82, 2.24) is 9.80 Å². The highest BCUT2D eigenvalue weighted by Crippen LogP contribution is 2.13. The summed E-state index contributed by atoms with van der Waals surface area (Å²) in [6, 6.07) is 16.4. The van der Waals surface area contributed by atoms with Gasteiger partial charge in [0.2, 0.25) is 0 Å². The number of esters is 1. The van der Waals surface area contributed by atoms with E-state index in [0.717, 1.165) is 44.7 Å². The van der Waals surface area contributed by atoms with Gasteiger partial charge in [-0.25, -0.2) is 0 Å². The van der Waals surface area contributed by atoms with E-state index in [1.54, 1.807) is 24.3 Å². The van der Waals surface area contributed by atoms with Gasteiger partial charge in [-0.2, -0.15) is 0 Å². The second kappa shape index (κ2) is 10.2. The fraction of sp³-hybridized carbons (Fsp3) is 0.391. The molecule has 5 nitrogen and oxygen atoms in total. The van der Waals surface area contributed by atoms with Crippen LogP contribution in [0.2, 0.25) is 0 Å².